The number of pyridine rings is 1. The average molecular weight is 526 g/mol. The zero-order valence-corrected chi connectivity index (χ0v) is 19.7. The van der Waals surface area contributed by atoms with Gasteiger partial charge in [0, 0.05) is 69.8 Å². The van der Waals surface area contributed by atoms with Crippen molar-refractivity contribution in [3.8, 4) is 0 Å². The third-order valence-electron chi connectivity index (χ3n) is 5.15. The third kappa shape index (κ3) is 6.85. The number of guanidine groups is 1. The molecule has 0 unspecified atom stereocenters. The van der Waals surface area contributed by atoms with Crippen LogP contribution < -0.4 is 21.3 Å². The van der Waals surface area contributed by atoms with Crippen LogP contribution in [0.2, 0.25) is 0 Å². The van der Waals surface area contributed by atoms with Crippen LogP contribution in [0.3, 0.4) is 0 Å². The Hall–Kier alpha value is -2.37. The minimum Gasteiger partial charge on any atom is -0.369 e. The summed E-state index contributed by atoms with van der Waals surface area (Å²) in [5, 5.41) is 10.9. The molecule has 1 amide bonds. The molecular weight excluding hydrogens is 495 g/mol. The molecule has 0 aliphatic carbocycles. The SMILES string of the molecule is CN=C(NCCCn1cccn1)NCc1cccnc1N1CCC(C(N)=O)CC1.I. The van der Waals surface area contributed by atoms with E-state index in [2.05, 4.69) is 36.7 Å². The molecule has 164 valence electrons. The quantitative estimate of drug-likeness (QED) is 0.207. The number of nitrogens with one attached hydrogen (secondary N) is 2. The first kappa shape index (κ1) is 23.9. The van der Waals surface area contributed by atoms with Gasteiger partial charge in [-0.2, -0.15) is 5.10 Å². The first-order valence-corrected chi connectivity index (χ1v) is 10.1. The summed E-state index contributed by atoms with van der Waals surface area (Å²) in [6.07, 6.45) is 8.06. The van der Waals surface area contributed by atoms with E-state index in [4.69, 9.17) is 5.73 Å². The van der Waals surface area contributed by atoms with Gasteiger partial charge in [-0.3, -0.25) is 14.5 Å². The van der Waals surface area contributed by atoms with E-state index in [0.29, 0.717) is 6.54 Å². The van der Waals surface area contributed by atoms with Crippen LogP contribution in [0.5, 0.6) is 0 Å². The van der Waals surface area contributed by atoms with Gasteiger partial charge in [-0.1, -0.05) is 6.07 Å². The molecule has 3 rings (SSSR count). The van der Waals surface area contributed by atoms with Crippen LogP contribution >= 0.6 is 24.0 Å². The number of amides is 1. The van der Waals surface area contributed by atoms with Crippen molar-refractivity contribution in [2.45, 2.75) is 32.4 Å². The summed E-state index contributed by atoms with van der Waals surface area (Å²) in [6.45, 7) is 3.87. The van der Waals surface area contributed by atoms with Gasteiger partial charge in [0.15, 0.2) is 5.96 Å². The smallest absolute Gasteiger partial charge is 0.220 e. The number of anilines is 1. The van der Waals surface area contributed by atoms with Crippen LogP contribution in [0.1, 0.15) is 24.8 Å². The molecule has 1 aliphatic rings. The number of aryl methyl sites for hydroxylation is 1. The molecule has 0 radical (unpaired) electrons. The number of piperidine rings is 1. The van der Waals surface area contributed by atoms with Crippen LogP contribution in [0.25, 0.3) is 0 Å². The Balaban J connectivity index is 0.00000320. The summed E-state index contributed by atoms with van der Waals surface area (Å²) in [5.41, 5.74) is 6.55. The fraction of sp³-hybridized carbons (Fsp3) is 0.500. The maximum atomic E-state index is 11.4. The number of hydrogen-bond donors (Lipinski definition) is 3. The summed E-state index contributed by atoms with van der Waals surface area (Å²) in [4.78, 5) is 22.5. The van der Waals surface area contributed by atoms with Gasteiger partial charge in [-0.15, -0.1) is 24.0 Å². The van der Waals surface area contributed by atoms with E-state index in [1.807, 2.05) is 23.0 Å². The number of nitrogens with two attached hydrogens (primary N) is 1. The lowest BCUT2D eigenvalue weighted by molar-refractivity contribution is -0.122. The number of aromatic nitrogens is 3. The summed E-state index contributed by atoms with van der Waals surface area (Å²) < 4.78 is 1.92. The van der Waals surface area contributed by atoms with Gasteiger partial charge >= 0.3 is 0 Å². The van der Waals surface area contributed by atoms with Gasteiger partial charge < -0.3 is 21.3 Å². The second kappa shape index (κ2) is 12.4. The summed E-state index contributed by atoms with van der Waals surface area (Å²) in [5.74, 6) is 1.49. The molecule has 1 saturated heterocycles. The van der Waals surface area contributed by atoms with Gasteiger partial charge in [0.1, 0.15) is 5.82 Å². The zero-order valence-electron chi connectivity index (χ0n) is 17.3. The Morgan fingerprint density at radius 1 is 1.27 bits per heavy atom. The molecule has 30 heavy (non-hydrogen) atoms. The second-order valence-electron chi connectivity index (χ2n) is 7.13. The van der Waals surface area contributed by atoms with Crippen LogP contribution in [0, 0.1) is 5.92 Å². The average Bonchev–Trinajstić information content (AvgIpc) is 3.27. The maximum Gasteiger partial charge on any atom is 0.220 e. The Kier molecular flexibility index (Phi) is 9.84. The molecule has 4 N–H and O–H groups in total. The van der Waals surface area contributed by atoms with Crippen molar-refractivity contribution in [1.29, 1.82) is 0 Å². The van der Waals surface area contributed by atoms with Gasteiger partial charge in [-0.25, -0.2) is 4.98 Å². The van der Waals surface area contributed by atoms with Crippen molar-refractivity contribution in [2.24, 2.45) is 16.6 Å². The number of rotatable bonds is 8. The highest BCUT2D eigenvalue weighted by Gasteiger charge is 2.24. The fourth-order valence-electron chi connectivity index (χ4n) is 3.51. The largest absolute Gasteiger partial charge is 0.369 e. The Morgan fingerprint density at radius 3 is 2.73 bits per heavy atom. The molecule has 0 atom stereocenters. The highest BCUT2D eigenvalue weighted by atomic mass is 127. The predicted octanol–water partition coefficient (Wildman–Crippen LogP) is 1.35. The third-order valence-corrected chi connectivity index (χ3v) is 5.15. The highest BCUT2D eigenvalue weighted by molar-refractivity contribution is 14.0. The number of nitrogens with zero attached hydrogens (tertiary/aromatic N) is 5. The number of carbonyl (C=O) groups is 1. The van der Waals surface area contributed by atoms with Gasteiger partial charge in [-0.05, 0) is 31.4 Å². The van der Waals surface area contributed by atoms with Gasteiger partial charge in [0.2, 0.25) is 5.91 Å². The molecule has 1 aliphatic heterocycles. The number of carbonyl (C=O) groups excluding carboxylic acids is 1. The number of aliphatic imine (C=N–C) groups is 1. The maximum absolute atomic E-state index is 11.4. The molecule has 0 aromatic carbocycles. The molecule has 2 aromatic rings. The summed E-state index contributed by atoms with van der Waals surface area (Å²) >= 11 is 0. The molecule has 9 nitrogen and oxygen atoms in total. The molecule has 0 spiro atoms. The number of halogens is 1. The Morgan fingerprint density at radius 2 is 2.07 bits per heavy atom. The monoisotopic (exact) mass is 526 g/mol. The first-order valence-electron chi connectivity index (χ1n) is 10.1. The summed E-state index contributed by atoms with van der Waals surface area (Å²) in [7, 11) is 1.77. The van der Waals surface area contributed by atoms with Crippen LogP contribution in [-0.2, 0) is 17.9 Å². The Labute approximate surface area is 194 Å². The van der Waals surface area contributed by atoms with Gasteiger partial charge in [0.25, 0.3) is 0 Å². The van der Waals surface area contributed by atoms with E-state index in [1.165, 1.54) is 0 Å². The molecule has 10 heteroatoms. The lowest BCUT2D eigenvalue weighted by Gasteiger charge is -2.32. The molecule has 0 bridgehead atoms. The van der Waals surface area contributed by atoms with Gasteiger partial charge in [0.05, 0.1) is 0 Å². The first-order chi connectivity index (χ1) is 14.2. The Bertz CT molecular complexity index is 803. The van der Waals surface area contributed by atoms with Crippen LogP contribution in [0.4, 0.5) is 5.82 Å². The van der Waals surface area contributed by atoms with Crippen molar-refractivity contribution in [3.05, 3.63) is 42.4 Å². The van der Waals surface area contributed by atoms with Crippen molar-refractivity contribution < 1.29 is 4.79 Å². The van der Waals surface area contributed by atoms with E-state index in [9.17, 15) is 4.79 Å². The topological polar surface area (TPSA) is 113 Å². The molecule has 2 aromatic heterocycles. The molecule has 1 fully saturated rings. The number of primary amides is 1. The molecular formula is C20H31IN8O. The second-order valence-corrected chi connectivity index (χ2v) is 7.13. The summed E-state index contributed by atoms with van der Waals surface area (Å²) in [6, 6.07) is 5.94. The minimum absolute atomic E-state index is 0. The predicted molar refractivity (Wildman–Crippen MR) is 129 cm³/mol. The van der Waals surface area contributed by atoms with Crippen molar-refractivity contribution in [3.63, 3.8) is 0 Å². The van der Waals surface area contributed by atoms with Crippen molar-refractivity contribution >= 4 is 41.7 Å². The van der Waals surface area contributed by atoms with Crippen molar-refractivity contribution in [1.82, 2.24) is 25.4 Å². The normalized spacial score (nSPS) is 14.8. The lowest BCUT2D eigenvalue weighted by Crippen LogP contribution is -2.40. The molecule has 3 heterocycles. The van der Waals surface area contributed by atoms with Crippen LogP contribution in [-0.4, -0.2) is 53.3 Å². The van der Waals surface area contributed by atoms with E-state index < -0.39 is 0 Å². The highest BCUT2D eigenvalue weighted by Crippen LogP contribution is 2.24. The van der Waals surface area contributed by atoms with Crippen LogP contribution in [0.15, 0.2) is 41.8 Å². The van der Waals surface area contributed by atoms with Crippen molar-refractivity contribution in [2.75, 3.05) is 31.6 Å². The van der Waals surface area contributed by atoms with E-state index in [1.54, 1.807) is 19.4 Å². The molecule has 0 saturated carbocycles. The zero-order chi connectivity index (χ0) is 20.5. The standard InChI is InChI=1S/C20H30N8O.HI/c1-22-20(24-9-3-11-28-12-4-10-26-28)25-15-17-5-2-8-23-19(17)27-13-6-16(7-14-27)18(21)29;/h2,4-5,8,10,12,16H,3,6-7,9,11,13-15H2,1H3,(H2,21,29)(H2,22,24,25);1H. The fourth-order valence-corrected chi connectivity index (χ4v) is 3.51. The van der Waals surface area contributed by atoms with E-state index >= 15 is 0 Å². The minimum atomic E-state index is -0.199. The number of hydrogen-bond acceptors (Lipinski definition) is 5. The van der Waals surface area contributed by atoms with E-state index in [-0.39, 0.29) is 35.8 Å². The lowest BCUT2D eigenvalue weighted by atomic mass is 9.96. The van der Waals surface area contributed by atoms with E-state index in [0.717, 1.165) is 62.8 Å².